The first-order chi connectivity index (χ1) is 6.61. The number of aryl methyl sites for hydroxylation is 1. The molecule has 1 heteroatoms. The molecule has 0 N–H and O–H groups in total. The van der Waals surface area contributed by atoms with Crippen LogP contribution >= 0.6 is 0 Å². The van der Waals surface area contributed by atoms with Crippen LogP contribution in [0.3, 0.4) is 0 Å². The number of carbonyl (C=O) groups excluding carboxylic acids is 1. The molecule has 0 spiro atoms. The van der Waals surface area contributed by atoms with Crippen LogP contribution in [0.25, 0.3) is 5.57 Å². The Balaban J connectivity index is 2.70. The molecule has 1 aromatic carbocycles. The zero-order valence-electron chi connectivity index (χ0n) is 8.84. The van der Waals surface area contributed by atoms with E-state index < -0.39 is 0 Å². The maximum Gasteiger partial charge on any atom is 0.130 e. The standard InChI is InChI=1S/C13H16O/c1-10-6-4-5-7-13(10)11(2)8-9-12(3)14/h4-7H,2,8-9H2,1,3H3. The van der Waals surface area contributed by atoms with Crippen molar-refractivity contribution in [1.82, 2.24) is 0 Å². The molecular formula is C13H16O. The SMILES string of the molecule is C=C(CCC(C)=O)c1ccccc1C. The molecule has 0 fully saturated rings. The van der Waals surface area contributed by atoms with Crippen LogP contribution in [-0.4, -0.2) is 5.78 Å². The van der Waals surface area contributed by atoms with Crippen molar-refractivity contribution in [1.29, 1.82) is 0 Å². The highest BCUT2D eigenvalue weighted by atomic mass is 16.1. The van der Waals surface area contributed by atoms with E-state index in [2.05, 4.69) is 25.6 Å². The first-order valence-electron chi connectivity index (χ1n) is 4.84. The Morgan fingerprint density at radius 1 is 1.29 bits per heavy atom. The Hall–Kier alpha value is -1.37. The van der Waals surface area contributed by atoms with Crippen molar-refractivity contribution in [2.45, 2.75) is 26.7 Å². The van der Waals surface area contributed by atoms with Gasteiger partial charge in [0, 0.05) is 6.42 Å². The second-order valence-corrected chi connectivity index (χ2v) is 3.62. The quantitative estimate of drug-likeness (QED) is 0.708. The van der Waals surface area contributed by atoms with Crippen molar-refractivity contribution < 1.29 is 4.79 Å². The van der Waals surface area contributed by atoms with E-state index in [0.29, 0.717) is 6.42 Å². The molecule has 0 saturated heterocycles. The zero-order chi connectivity index (χ0) is 10.6. The largest absolute Gasteiger partial charge is 0.300 e. The lowest BCUT2D eigenvalue weighted by molar-refractivity contribution is -0.116. The summed E-state index contributed by atoms with van der Waals surface area (Å²) in [4.78, 5) is 10.8. The third kappa shape index (κ3) is 2.84. The molecule has 74 valence electrons. The summed E-state index contributed by atoms with van der Waals surface area (Å²) in [6.45, 7) is 7.69. The normalized spacial score (nSPS) is 9.86. The van der Waals surface area contributed by atoms with Gasteiger partial charge in [0.25, 0.3) is 0 Å². The van der Waals surface area contributed by atoms with Crippen molar-refractivity contribution in [2.24, 2.45) is 0 Å². The lowest BCUT2D eigenvalue weighted by Gasteiger charge is -2.07. The van der Waals surface area contributed by atoms with Gasteiger partial charge in [-0.05, 0) is 37.0 Å². The molecule has 0 amide bonds. The average molecular weight is 188 g/mol. The van der Waals surface area contributed by atoms with Crippen molar-refractivity contribution >= 4 is 11.4 Å². The first-order valence-corrected chi connectivity index (χ1v) is 4.84. The van der Waals surface area contributed by atoms with Crippen LogP contribution in [0.1, 0.15) is 30.9 Å². The third-order valence-corrected chi connectivity index (χ3v) is 2.30. The molecular weight excluding hydrogens is 172 g/mol. The molecule has 0 aliphatic heterocycles. The monoisotopic (exact) mass is 188 g/mol. The summed E-state index contributed by atoms with van der Waals surface area (Å²) in [5.74, 6) is 0.222. The van der Waals surface area contributed by atoms with E-state index >= 15 is 0 Å². The van der Waals surface area contributed by atoms with Crippen molar-refractivity contribution in [3.05, 3.63) is 42.0 Å². The maximum atomic E-state index is 10.8. The molecule has 0 saturated carbocycles. The molecule has 0 aliphatic rings. The van der Waals surface area contributed by atoms with E-state index in [9.17, 15) is 4.79 Å². The molecule has 14 heavy (non-hydrogen) atoms. The van der Waals surface area contributed by atoms with E-state index in [1.54, 1.807) is 6.92 Å². The summed E-state index contributed by atoms with van der Waals surface area (Å²) in [6, 6.07) is 8.13. The second-order valence-electron chi connectivity index (χ2n) is 3.62. The highest BCUT2D eigenvalue weighted by Gasteiger charge is 2.03. The first kappa shape index (κ1) is 10.7. The van der Waals surface area contributed by atoms with Gasteiger partial charge in [0.1, 0.15) is 5.78 Å². The molecule has 1 rings (SSSR count). The van der Waals surface area contributed by atoms with Gasteiger partial charge in [0.15, 0.2) is 0 Å². The van der Waals surface area contributed by atoms with E-state index in [1.165, 1.54) is 11.1 Å². The highest BCUT2D eigenvalue weighted by molar-refractivity contribution is 5.78. The van der Waals surface area contributed by atoms with Gasteiger partial charge in [-0.25, -0.2) is 0 Å². The molecule has 0 radical (unpaired) electrons. The van der Waals surface area contributed by atoms with Gasteiger partial charge in [0.2, 0.25) is 0 Å². The molecule has 0 aliphatic carbocycles. The Bertz CT molecular complexity index is 350. The number of ketones is 1. The lowest BCUT2D eigenvalue weighted by atomic mass is 9.98. The lowest BCUT2D eigenvalue weighted by Crippen LogP contribution is -1.92. The van der Waals surface area contributed by atoms with Gasteiger partial charge in [-0.1, -0.05) is 30.8 Å². The van der Waals surface area contributed by atoms with Crippen LogP contribution in [0.5, 0.6) is 0 Å². The summed E-state index contributed by atoms with van der Waals surface area (Å²) in [7, 11) is 0. The Morgan fingerprint density at radius 2 is 1.93 bits per heavy atom. The fourth-order valence-electron chi connectivity index (χ4n) is 1.43. The van der Waals surface area contributed by atoms with Crippen LogP contribution in [0.15, 0.2) is 30.8 Å². The summed E-state index contributed by atoms with van der Waals surface area (Å²) >= 11 is 0. The van der Waals surface area contributed by atoms with E-state index in [0.717, 1.165) is 12.0 Å². The minimum atomic E-state index is 0.222. The van der Waals surface area contributed by atoms with Crippen LogP contribution in [-0.2, 0) is 4.79 Å². The number of benzene rings is 1. The van der Waals surface area contributed by atoms with Crippen LogP contribution in [0, 0.1) is 6.92 Å². The summed E-state index contributed by atoms with van der Waals surface area (Å²) in [5.41, 5.74) is 3.45. The Morgan fingerprint density at radius 3 is 2.50 bits per heavy atom. The molecule has 1 nitrogen and oxygen atoms in total. The molecule has 0 bridgehead atoms. The highest BCUT2D eigenvalue weighted by Crippen LogP contribution is 2.21. The minimum absolute atomic E-state index is 0.222. The topological polar surface area (TPSA) is 17.1 Å². The fourth-order valence-corrected chi connectivity index (χ4v) is 1.43. The van der Waals surface area contributed by atoms with Crippen molar-refractivity contribution in [2.75, 3.05) is 0 Å². The van der Waals surface area contributed by atoms with Crippen molar-refractivity contribution in [3.63, 3.8) is 0 Å². The van der Waals surface area contributed by atoms with Gasteiger partial charge in [-0.15, -0.1) is 0 Å². The zero-order valence-corrected chi connectivity index (χ0v) is 8.84. The van der Waals surface area contributed by atoms with Crippen LogP contribution in [0.2, 0.25) is 0 Å². The number of hydrogen-bond donors (Lipinski definition) is 0. The minimum Gasteiger partial charge on any atom is -0.300 e. The number of carbonyl (C=O) groups is 1. The van der Waals surface area contributed by atoms with E-state index in [4.69, 9.17) is 0 Å². The molecule has 0 unspecified atom stereocenters. The molecule has 1 aromatic rings. The Labute approximate surface area is 85.5 Å². The van der Waals surface area contributed by atoms with E-state index in [1.807, 2.05) is 12.1 Å². The van der Waals surface area contributed by atoms with Gasteiger partial charge in [0.05, 0.1) is 0 Å². The third-order valence-electron chi connectivity index (χ3n) is 2.30. The van der Waals surface area contributed by atoms with Gasteiger partial charge < -0.3 is 4.79 Å². The predicted octanol–water partition coefficient (Wildman–Crippen LogP) is 3.38. The van der Waals surface area contributed by atoms with Crippen LogP contribution in [0.4, 0.5) is 0 Å². The smallest absolute Gasteiger partial charge is 0.130 e. The molecule has 0 atom stereocenters. The summed E-state index contributed by atoms with van der Waals surface area (Å²) < 4.78 is 0. The Kier molecular flexibility index (Phi) is 3.63. The summed E-state index contributed by atoms with van der Waals surface area (Å²) in [5, 5.41) is 0. The number of allylic oxidation sites excluding steroid dienone is 1. The van der Waals surface area contributed by atoms with E-state index in [-0.39, 0.29) is 5.78 Å². The summed E-state index contributed by atoms with van der Waals surface area (Å²) in [6.07, 6.45) is 1.35. The predicted molar refractivity (Wildman–Crippen MR) is 60.1 cm³/mol. The number of Topliss-reactive ketones (excluding diaryl/α,β-unsaturated/α-hetero) is 1. The second kappa shape index (κ2) is 4.75. The fraction of sp³-hybridized carbons (Fsp3) is 0.308. The average Bonchev–Trinajstić information content (AvgIpc) is 2.15. The maximum absolute atomic E-state index is 10.8. The van der Waals surface area contributed by atoms with Gasteiger partial charge in [-0.3, -0.25) is 0 Å². The molecule has 0 aromatic heterocycles. The van der Waals surface area contributed by atoms with Gasteiger partial charge >= 0.3 is 0 Å². The number of hydrogen-bond acceptors (Lipinski definition) is 1. The van der Waals surface area contributed by atoms with Crippen molar-refractivity contribution in [3.8, 4) is 0 Å². The number of rotatable bonds is 4. The van der Waals surface area contributed by atoms with Crippen LogP contribution < -0.4 is 0 Å². The van der Waals surface area contributed by atoms with Gasteiger partial charge in [-0.2, -0.15) is 0 Å². The molecule has 0 heterocycles.